The van der Waals surface area contributed by atoms with Crippen LogP contribution in [0, 0.1) is 0 Å². The Morgan fingerprint density at radius 3 is 2.44 bits per heavy atom. The van der Waals surface area contributed by atoms with E-state index in [1.54, 1.807) is 4.90 Å². The van der Waals surface area contributed by atoms with Crippen molar-refractivity contribution >= 4 is 39.4 Å². The molecule has 1 aromatic heterocycles. The summed E-state index contributed by atoms with van der Waals surface area (Å²) in [6, 6.07) is 5.61. The number of fused-ring (bicyclic) bond motifs is 2. The molecule has 2 aliphatic carbocycles. The zero-order valence-electron chi connectivity index (χ0n) is 18.1. The maximum Gasteiger partial charge on any atom is 0.434 e. The number of carbonyl (C=O) groups excluding carboxylic acids is 1. The number of nitrogens with zero attached hydrogens (tertiary/aromatic N) is 3. The lowest BCUT2D eigenvalue weighted by molar-refractivity contribution is -0.145. The molecule has 2 aromatic rings. The molecule has 3 aliphatic rings. The van der Waals surface area contributed by atoms with Crippen LogP contribution >= 0.6 is 15.9 Å². The standard InChI is InChI=1S/C23H22BrF3N4O3/c24-13-4-5-16-15(10-13)21(8-9-21)12-31(16)20-28-11-14(17(29-20)23(25,26)27)18(32)30-22(19(33)34)6-2-1-3-7-22/h4-5,10-11H,1-3,6-9,12H2,(H,30,32)(H,33,34). The summed E-state index contributed by atoms with van der Waals surface area (Å²) in [4.78, 5) is 34.4. The smallest absolute Gasteiger partial charge is 0.434 e. The Morgan fingerprint density at radius 1 is 1.12 bits per heavy atom. The number of carboxylic acids is 1. The fourth-order valence-corrected chi connectivity index (χ4v) is 5.48. The average molecular weight is 539 g/mol. The average Bonchev–Trinajstić information content (AvgIpc) is 3.51. The quantitative estimate of drug-likeness (QED) is 0.571. The van der Waals surface area contributed by atoms with Crippen molar-refractivity contribution in [1.82, 2.24) is 15.3 Å². The molecule has 11 heteroatoms. The molecular weight excluding hydrogens is 517 g/mol. The van der Waals surface area contributed by atoms with Crippen LogP contribution in [0.3, 0.4) is 0 Å². The second kappa shape index (κ2) is 7.93. The van der Waals surface area contributed by atoms with Crippen LogP contribution in [0.4, 0.5) is 24.8 Å². The van der Waals surface area contributed by atoms with Crippen molar-refractivity contribution in [2.24, 2.45) is 0 Å². The summed E-state index contributed by atoms with van der Waals surface area (Å²) in [6.45, 7) is 0.462. The second-order valence-electron chi connectivity index (χ2n) is 9.36. The molecule has 7 nitrogen and oxygen atoms in total. The number of amides is 1. The van der Waals surface area contributed by atoms with Crippen LogP contribution in [-0.4, -0.2) is 39.0 Å². The number of halogens is 4. The van der Waals surface area contributed by atoms with Crippen molar-refractivity contribution in [2.45, 2.75) is 62.1 Å². The monoisotopic (exact) mass is 538 g/mol. The normalized spacial score (nSPS) is 20.2. The Morgan fingerprint density at radius 2 is 1.82 bits per heavy atom. The number of carbonyl (C=O) groups is 2. The van der Waals surface area contributed by atoms with E-state index < -0.39 is 34.8 Å². The van der Waals surface area contributed by atoms with Gasteiger partial charge in [0.05, 0.1) is 5.56 Å². The van der Waals surface area contributed by atoms with Crippen LogP contribution in [0.25, 0.3) is 0 Å². The highest BCUT2D eigenvalue weighted by Gasteiger charge is 2.53. The first-order valence-electron chi connectivity index (χ1n) is 11.1. The van der Waals surface area contributed by atoms with E-state index >= 15 is 0 Å². The van der Waals surface area contributed by atoms with E-state index in [4.69, 9.17) is 0 Å². The van der Waals surface area contributed by atoms with E-state index in [1.165, 1.54) is 0 Å². The summed E-state index contributed by atoms with van der Waals surface area (Å²) in [5.74, 6) is -2.52. The number of carboxylic acid groups (broad SMARTS) is 1. The number of hydrogen-bond donors (Lipinski definition) is 2. The minimum atomic E-state index is -4.92. The first-order chi connectivity index (χ1) is 16.0. The van der Waals surface area contributed by atoms with Crippen molar-refractivity contribution < 1.29 is 27.9 Å². The maximum atomic E-state index is 14.0. The Kier molecular flexibility index (Phi) is 5.38. The number of nitrogens with one attached hydrogen (secondary N) is 1. The lowest BCUT2D eigenvalue weighted by Crippen LogP contribution is -2.55. The van der Waals surface area contributed by atoms with Crippen LogP contribution in [0.15, 0.2) is 28.9 Å². The maximum absolute atomic E-state index is 14.0. The number of anilines is 2. The lowest BCUT2D eigenvalue weighted by atomic mass is 9.81. The lowest BCUT2D eigenvalue weighted by Gasteiger charge is -2.34. The summed E-state index contributed by atoms with van der Waals surface area (Å²) < 4.78 is 42.9. The predicted molar refractivity (Wildman–Crippen MR) is 120 cm³/mol. The largest absolute Gasteiger partial charge is 0.480 e. The molecule has 0 saturated heterocycles. The third kappa shape index (κ3) is 3.83. The van der Waals surface area contributed by atoms with Crippen molar-refractivity contribution in [1.29, 1.82) is 0 Å². The fourth-order valence-electron chi connectivity index (χ4n) is 5.12. The van der Waals surface area contributed by atoms with E-state index in [0.717, 1.165) is 41.2 Å². The van der Waals surface area contributed by atoms with Crippen LogP contribution in [-0.2, 0) is 16.4 Å². The molecule has 2 fully saturated rings. The molecule has 1 aromatic carbocycles. The Balaban J connectivity index is 1.51. The fraction of sp³-hybridized carbons (Fsp3) is 0.478. The van der Waals surface area contributed by atoms with Crippen molar-refractivity contribution in [3.05, 3.63) is 45.7 Å². The van der Waals surface area contributed by atoms with E-state index in [9.17, 15) is 27.9 Å². The van der Waals surface area contributed by atoms with Gasteiger partial charge >= 0.3 is 12.1 Å². The highest BCUT2D eigenvalue weighted by molar-refractivity contribution is 9.10. The first kappa shape index (κ1) is 23.1. The predicted octanol–water partition coefficient (Wildman–Crippen LogP) is 4.96. The van der Waals surface area contributed by atoms with Gasteiger partial charge in [0.2, 0.25) is 5.95 Å². The summed E-state index contributed by atoms with van der Waals surface area (Å²) in [7, 11) is 0. The number of aliphatic carboxylic acids is 1. The molecular formula is C23H22BrF3N4O3. The third-order valence-electron chi connectivity index (χ3n) is 7.13. The van der Waals surface area contributed by atoms with Crippen molar-refractivity contribution in [3.8, 4) is 0 Å². The molecule has 1 aliphatic heterocycles. The van der Waals surface area contributed by atoms with Gasteiger partial charge in [-0.1, -0.05) is 35.2 Å². The van der Waals surface area contributed by atoms with E-state index in [1.807, 2.05) is 18.2 Å². The van der Waals surface area contributed by atoms with Crippen LogP contribution < -0.4 is 10.2 Å². The molecule has 0 atom stereocenters. The Bertz CT molecular complexity index is 1180. The van der Waals surface area contributed by atoms with Gasteiger partial charge in [0.1, 0.15) is 5.54 Å². The zero-order chi connectivity index (χ0) is 24.3. The Hall–Kier alpha value is -2.69. The van der Waals surface area contributed by atoms with Gasteiger partial charge in [-0.25, -0.2) is 14.8 Å². The van der Waals surface area contributed by atoms with E-state index in [-0.39, 0.29) is 24.2 Å². The van der Waals surface area contributed by atoms with Gasteiger partial charge in [0, 0.05) is 28.3 Å². The zero-order valence-corrected chi connectivity index (χ0v) is 19.7. The third-order valence-corrected chi connectivity index (χ3v) is 7.63. The summed E-state index contributed by atoms with van der Waals surface area (Å²) in [5, 5.41) is 12.0. The van der Waals surface area contributed by atoms with Gasteiger partial charge < -0.3 is 15.3 Å². The summed E-state index contributed by atoms with van der Waals surface area (Å²) in [5.41, 5.74) is -2.07. The molecule has 1 amide bonds. The van der Waals surface area contributed by atoms with Gasteiger partial charge in [0.25, 0.3) is 5.91 Å². The molecule has 0 radical (unpaired) electrons. The molecule has 5 rings (SSSR count). The summed E-state index contributed by atoms with van der Waals surface area (Å²) >= 11 is 3.45. The van der Waals surface area contributed by atoms with Crippen molar-refractivity contribution in [2.75, 3.05) is 11.4 Å². The van der Waals surface area contributed by atoms with Crippen molar-refractivity contribution in [3.63, 3.8) is 0 Å². The van der Waals surface area contributed by atoms with Gasteiger partial charge in [0.15, 0.2) is 5.69 Å². The molecule has 2 heterocycles. The molecule has 2 saturated carbocycles. The molecule has 34 heavy (non-hydrogen) atoms. The number of alkyl halides is 3. The van der Waals surface area contributed by atoms with Gasteiger partial charge in [-0.15, -0.1) is 0 Å². The summed E-state index contributed by atoms with van der Waals surface area (Å²) in [6.07, 6.45) is 0.0651. The van der Waals surface area contributed by atoms with E-state index in [0.29, 0.717) is 19.4 Å². The van der Waals surface area contributed by atoms with Crippen LogP contribution in [0.2, 0.25) is 0 Å². The highest BCUT2D eigenvalue weighted by atomic mass is 79.9. The van der Waals surface area contributed by atoms with Gasteiger partial charge in [-0.3, -0.25) is 4.79 Å². The second-order valence-corrected chi connectivity index (χ2v) is 10.3. The molecule has 1 spiro atoms. The molecule has 180 valence electrons. The van der Waals surface area contributed by atoms with Gasteiger partial charge in [-0.05, 0) is 49.4 Å². The highest BCUT2D eigenvalue weighted by Crippen LogP contribution is 2.58. The minimum absolute atomic E-state index is 0.119. The van der Waals surface area contributed by atoms with E-state index in [2.05, 4.69) is 31.2 Å². The number of rotatable bonds is 4. The number of aromatic nitrogens is 2. The van der Waals surface area contributed by atoms with Crippen LogP contribution in [0.1, 0.15) is 66.6 Å². The van der Waals surface area contributed by atoms with Gasteiger partial charge in [-0.2, -0.15) is 13.2 Å². The topological polar surface area (TPSA) is 95.4 Å². The first-order valence-corrected chi connectivity index (χ1v) is 11.9. The molecule has 2 N–H and O–H groups in total. The number of hydrogen-bond acceptors (Lipinski definition) is 5. The Labute approximate surface area is 201 Å². The molecule has 0 unspecified atom stereocenters. The minimum Gasteiger partial charge on any atom is -0.480 e. The molecule has 0 bridgehead atoms. The SMILES string of the molecule is O=C(NC1(C(=O)O)CCCCC1)c1cnc(N2CC3(CC3)c3cc(Br)ccc32)nc1C(F)(F)F. The number of benzene rings is 1. The van der Waals surface area contributed by atoms with Crippen LogP contribution in [0.5, 0.6) is 0 Å².